The highest BCUT2D eigenvalue weighted by Gasteiger charge is 2.16. The standard InChI is InChI=1S/C18H14B2N2O4S/c23-19(24)13-5-1-11(2-6-13)15-9-10-16(18-17(15)21-27-22-18)12-3-7-14(8-4-12)20(25)26/h1-10,23-26H. The second-order valence-corrected chi connectivity index (χ2v) is 6.64. The first kappa shape index (κ1) is 17.8. The summed E-state index contributed by atoms with van der Waals surface area (Å²) in [6.07, 6.45) is 0. The number of hydrogen-bond donors (Lipinski definition) is 4. The van der Waals surface area contributed by atoms with Crippen molar-refractivity contribution in [3.05, 3.63) is 60.7 Å². The third kappa shape index (κ3) is 3.39. The molecule has 1 aromatic heterocycles. The highest BCUT2D eigenvalue weighted by molar-refractivity contribution is 7.00. The summed E-state index contributed by atoms with van der Waals surface area (Å²) in [5.74, 6) is 0. The van der Waals surface area contributed by atoms with Gasteiger partial charge in [0.25, 0.3) is 0 Å². The Hall–Kier alpha value is -2.55. The highest BCUT2D eigenvalue weighted by Crippen LogP contribution is 2.34. The van der Waals surface area contributed by atoms with E-state index in [2.05, 4.69) is 8.75 Å². The molecule has 0 saturated heterocycles. The Morgan fingerprint density at radius 2 is 0.926 bits per heavy atom. The Morgan fingerprint density at radius 1 is 0.556 bits per heavy atom. The third-order valence-corrected chi connectivity index (χ3v) is 4.98. The van der Waals surface area contributed by atoms with Gasteiger partial charge in [-0.25, -0.2) is 0 Å². The maximum Gasteiger partial charge on any atom is 0.488 e. The summed E-state index contributed by atoms with van der Waals surface area (Å²) in [7, 11) is -2.99. The number of fused-ring (bicyclic) bond motifs is 1. The van der Waals surface area contributed by atoms with Gasteiger partial charge in [-0.3, -0.25) is 0 Å². The molecule has 0 unspecified atom stereocenters. The number of nitrogens with zero attached hydrogens (tertiary/aromatic N) is 2. The van der Waals surface area contributed by atoms with Gasteiger partial charge < -0.3 is 20.1 Å². The lowest BCUT2D eigenvalue weighted by Gasteiger charge is -2.08. The van der Waals surface area contributed by atoms with Crippen LogP contribution in [0.5, 0.6) is 0 Å². The molecule has 6 nitrogen and oxygen atoms in total. The van der Waals surface area contributed by atoms with Crippen LogP contribution in [0.1, 0.15) is 0 Å². The van der Waals surface area contributed by atoms with Crippen LogP contribution in [0.25, 0.3) is 33.3 Å². The summed E-state index contributed by atoms with van der Waals surface area (Å²) in [6, 6.07) is 17.9. The molecule has 0 amide bonds. The first-order chi connectivity index (χ1) is 13.0. The minimum Gasteiger partial charge on any atom is -0.423 e. The molecule has 1 heterocycles. The number of benzene rings is 3. The zero-order valence-corrected chi connectivity index (χ0v) is 14.8. The third-order valence-electron chi connectivity index (χ3n) is 4.46. The molecule has 27 heavy (non-hydrogen) atoms. The van der Waals surface area contributed by atoms with Crippen molar-refractivity contribution in [2.45, 2.75) is 0 Å². The highest BCUT2D eigenvalue weighted by atomic mass is 32.1. The maximum absolute atomic E-state index is 9.24. The minimum atomic E-state index is -1.50. The van der Waals surface area contributed by atoms with Gasteiger partial charge in [0.15, 0.2) is 0 Å². The van der Waals surface area contributed by atoms with E-state index in [1.165, 1.54) is 0 Å². The van der Waals surface area contributed by atoms with Gasteiger partial charge in [-0.2, -0.15) is 8.75 Å². The Kier molecular flexibility index (Phi) is 4.77. The second-order valence-electron chi connectivity index (χ2n) is 6.11. The molecule has 0 aliphatic rings. The molecule has 0 fully saturated rings. The van der Waals surface area contributed by atoms with Crippen molar-refractivity contribution in [3.8, 4) is 22.3 Å². The molecular formula is C18H14B2N2O4S. The average Bonchev–Trinajstić information content (AvgIpc) is 3.17. The monoisotopic (exact) mass is 376 g/mol. The van der Waals surface area contributed by atoms with E-state index in [1.54, 1.807) is 24.3 Å². The number of aromatic nitrogens is 2. The van der Waals surface area contributed by atoms with E-state index in [1.807, 2.05) is 36.4 Å². The van der Waals surface area contributed by atoms with Crippen molar-refractivity contribution < 1.29 is 20.1 Å². The van der Waals surface area contributed by atoms with Crippen LogP contribution in [-0.4, -0.2) is 43.1 Å². The van der Waals surface area contributed by atoms with Gasteiger partial charge >= 0.3 is 14.2 Å². The molecule has 0 aliphatic carbocycles. The first-order valence-electron chi connectivity index (χ1n) is 8.23. The molecule has 0 radical (unpaired) electrons. The molecule has 0 bridgehead atoms. The van der Waals surface area contributed by atoms with Crippen LogP contribution in [0.15, 0.2) is 60.7 Å². The summed E-state index contributed by atoms with van der Waals surface area (Å²) >= 11 is 1.13. The van der Waals surface area contributed by atoms with Crippen LogP contribution in [0.2, 0.25) is 0 Å². The zero-order chi connectivity index (χ0) is 19.0. The van der Waals surface area contributed by atoms with Gasteiger partial charge in [0, 0.05) is 11.1 Å². The van der Waals surface area contributed by atoms with Gasteiger partial charge in [0.05, 0.1) is 11.7 Å². The van der Waals surface area contributed by atoms with Crippen LogP contribution >= 0.6 is 11.7 Å². The molecule has 132 valence electrons. The fourth-order valence-electron chi connectivity index (χ4n) is 3.00. The van der Waals surface area contributed by atoms with E-state index in [0.29, 0.717) is 10.9 Å². The summed E-state index contributed by atoms with van der Waals surface area (Å²) in [4.78, 5) is 0. The largest absolute Gasteiger partial charge is 0.488 e. The van der Waals surface area contributed by atoms with E-state index in [0.717, 1.165) is 45.0 Å². The zero-order valence-electron chi connectivity index (χ0n) is 14.0. The predicted octanol–water partition coefficient (Wildman–Crippen LogP) is 0.385. The topological polar surface area (TPSA) is 107 Å². The van der Waals surface area contributed by atoms with E-state index in [4.69, 9.17) is 0 Å². The molecule has 4 aromatic rings. The van der Waals surface area contributed by atoms with E-state index < -0.39 is 14.2 Å². The van der Waals surface area contributed by atoms with Gasteiger partial charge in [0.1, 0.15) is 11.0 Å². The molecule has 4 N–H and O–H groups in total. The van der Waals surface area contributed by atoms with Gasteiger partial charge in [-0.1, -0.05) is 60.7 Å². The summed E-state index contributed by atoms with van der Waals surface area (Å²) < 4.78 is 8.87. The predicted molar refractivity (Wildman–Crippen MR) is 108 cm³/mol. The van der Waals surface area contributed by atoms with Crippen molar-refractivity contribution in [1.29, 1.82) is 0 Å². The van der Waals surface area contributed by atoms with Gasteiger partial charge in [0.2, 0.25) is 0 Å². The lowest BCUT2D eigenvalue weighted by molar-refractivity contribution is 0.424. The van der Waals surface area contributed by atoms with Gasteiger partial charge in [-0.05, 0) is 22.1 Å². The van der Waals surface area contributed by atoms with Crippen molar-refractivity contribution in [2.75, 3.05) is 0 Å². The van der Waals surface area contributed by atoms with Gasteiger partial charge in [-0.15, -0.1) is 0 Å². The van der Waals surface area contributed by atoms with Crippen LogP contribution in [0.3, 0.4) is 0 Å². The molecule has 3 aromatic carbocycles. The fourth-order valence-corrected chi connectivity index (χ4v) is 3.58. The Morgan fingerprint density at radius 3 is 1.26 bits per heavy atom. The molecular weight excluding hydrogens is 362 g/mol. The van der Waals surface area contributed by atoms with E-state index in [9.17, 15) is 20.1 Å². The second kappa shape index (κ2) is 7.22. The van der Waals surface area contributed by atoms with Crippen molar-refractivity contribution in [2.24, 2.45) is 0 Å². The average molecular weight is 376 g/mol. The first-order valence-corrected chi connectivity index (χ1v) is 8.96. The maximum atomic E-state index is 9.24. The van der Waals surface area contributed by atoms with Crippen LogP contribution in [0.4, 0.5) is 0 Å². The SMILES string of the molecule is OB(O)c1ccc(-c2ccc(-c3ccc(B(O)O)cc3)c3nsnc23)cc1. The molecule has 0 atom stereocenters. The summed E-state index contributed by atoms with van der Waals surface area (Å²) in [5.41, 5.74) is 6.00. The van der Waals surface area contributed by atoms with Crippen LogP contribution in [-0.2, 0) is 0 Å². The normalized spacial score (nSPS) is 11.0. The summed E-state index contributed by atoms with van der Waals surface area (Å²) in [5, 5.41) is 37.0. The van der Waals surface area contributed by atoms with Crippen molar-refractivity contribution in [3.63, 3.8) is 0 Å². The molecule has 0 aliphatic heterocycles. The van der Waals surface area contributed by atoms with Crippen LogP contribution in [0, 0.1) is 0 Å². The Bertz CT molecular complexity index is 997. The van der Waals surface area contributed by atoms with E-state index >= 15 is 0 Å². The molecule has 0 saturated carbocycles. The number of rotatable bonds is 4. The minimum absolute atomic E-state index is 0.425. The van der Waals surface area contributed by atoms with E-state index in [-0.39, 0.29) is 0 Å². The Balaban J connectivity index is 1.78. The lowest BCUT2D eigenvalue weighted by atomic mass is 9.79. The molecule has 9 heteroatoms. The number of hydrogen-bond acceptors (Lipinski definition) is 7. The molecule has 4 rings (SSSR count). The van der Waals surface area contributed by atoms with Crippen molar-refractivity contribution in [1.82, 2.24) is 8.75 Å². The lowest BCUT2D eigenvalue weighted by Crippen LogP contribution is -2.29. The van der Waals surface area contributed by atoms with Crippen LogP contribution < -0.4 is 10.9 Å². The Labute approximate surface area is 160 Å². The van der Waals surface area contributed by atoms with Crippen molar-refractivity contribution >= 4 is 47.9 Å². The smallest absolute Gasteiger partial charge is 0.423 e. The summed E-state index contributed by atoms with van der Waals surface area (Å²) in [6.45, 7) is 0. The quantitative estimate of drug-likeness (QED) is 0.384. The fraction of sp³-hybridized carbons (Fsp3) is 0. The molecule has 0 spiro atoms.